The average Bonchev–Trinajstić information content (AvgIpc) is 3.43. The van der Waals surface area contributed by atoms with Crippen molar-refractivity contribution in [3.8, 4) is 17.7 Å². The second-order valence-electron chi connectivity index (χ2n) is 6.41. The van der Waals surface area contributed by atoms with Gasteiger partial charge in [0.05, 0.1) is 16.1 Å². The number of non-ortho nitro benzene ring substituents is 1. The van der Waals surface area contributed by atoms with Crippen LogP contribution < -0.4 is 4.90 Å². The van der Waals surface area contributed by atoms with Crippen LogP contribution in [0.1, 0.15) is 5.69 Å². The Morgan fingerprint density at radius 1 is 1.17 bits per heavy atom. The third-order valence-corrected chi connectivity index (χ3v) is 6.53. The largest absolute Gasteiger partial charge is 0.459 e. The molecule has 0 aliphatic carbocycles. The van der Waals surface area contributed by atoms with Gasteiger partial charge >= 0.3 is 0 Å². The van der Waals surface area contributed by atoms with Gasteiger partial charge in [0.15, 0.2) is 5.76 Å². The number of oxazole rings is 1. The molecule has 1 aromatic carbocycles. The molecule has 3 heterocycles. The van der Waals surface area contributed by atoms with Crippen molar-refractivity contribution < 1.29 is 22.2 Å². The SMILES string of the molecule is N#Cc1nc(-c2ccco2)oc1N1CCN(S(=O)(=O)c2cccc([N+](=O)[O-])c2)CC1. The molecule has 30 heavy (non-hydrogen) atoms. The molecular weight excluding hydrogens is 414 g/mol. The van der Waals surface area contributed by atoms with Crippen molar-refractivity contribution in [3.63, 3.8) is 0 Å². The molecular formula is C18H15N5O6S. The highest BCUT2D eigenvalue weighted by atomic mass is 32.2. The molecule has 2 aromatic heterocycles. The summed E-state index contributed by atoms with van der Waals surface area (Å²) in [6.45, 7) is 0.755. The third-order valence-electron chi connectivity index (χ3n) is 4.64. The number of aromatic nitrogens is 1. The number of benzene rings is 1. The second-order valence-corrected chi connectivity index (χ2v) is 8.35. The molecule has 154 valence electrons. The summed E-state index contributed by atoms with van der Waals surface area (Å²) in [4.78, 5) is 16.0. The average molecular weight is 429 g/mol. The summed E-state index contributed by atoms with van der Waals surface area (Å²) in [5.41, 5.74) is -0.211. The van der Waals surface area contributed by atoms with Crippen LogP contribution in [-0.4, -0.2) is 48.8 Å². The van der Waals surface area contributed by atoms with Gasteiger partial charge in [0.1, 0.15) is 6.07 Å². The highest BCUT2D eigenvalue weighted by Crippen LogP contribution is 2.30. The van der Waals surface area contributed by atoms with E-state index in [1.54, 1.807) is 17.0 Å². The summed E-state index contributed by atoms with van der Waals surface area (Å²) in [7, 11) is -3.89. The number of nitriles is 1. The maximum Gasteiger partial charge on any atom is 0.270 e. The zero-order chi connectivity index (χ0) is 21.3. The predicted molar refractivity (Wildman–Crippen MR) is 103 cm³/mol. The first kappa shape index (κ1) is 19.6. The predicted octanol–water partition coefficient (Wildman–Crippen LogP) is 2.23. The zero-order valence-electron chi connectivity index (χ0n) is 15.5. The van der Waals surface area contributed by atoms with Gasteiger partial charge < -0.3 is 13.7 Å². The lowest BCUT2D eigenvalue weighted by atomic mass is 10.3. The first-order valence-electron chi connectivity index (χ1n) is 8.84. The fourth-order valence-electron chi connectivity index (χ4n) is 3.14. The smallest absolute Gasteiger partial charge is 0.270 e. The lowest BCUT2D eigenvalue weighted by Gasteiger charge is -2.33. The topological polar surface area (TPSA) is 147 Å². The third kappa shape index (κ3) is 3.51. The van der Waals surface area contributed by atoms with E-state index in [0.29, 0.717) is 5.76 Å². The number of sulfonamides is 1. The zero-order valence-corrected chi connectivity index (χ0v) is 16.3. The minimum absolute atomic E-state index is 0.0800. The first-order chi connectivity index (χ1) is 14.4. The molecule has 0 amide bonds. The molecule has 4 rings (SSSR count). The minimum Gasteiger partial charge on any atom is -0.459 e. The summed E-state index contributed by atoms with van der Waals surface area (Å²) in [6.07, 6.45) is 1.46. The Bertz CT molecular complexity index is 1220. The monoisotopic (exact) mass is 429 g/mol. The van der Waals surface area contributed by atoms with Crippen molar-refractivity contribution in [2.24, 2.45) is 0 Å². The quantitative estimate of drug-likeness (QED) is 0.440. The van der Waals surface area contributed by atoms with E-state index < -0.39 is 14.9 Å². The van der Waals surface area contributed by atoms with Gasteiger partial charge in [0.25, 0.3) is 11.6 Å². The lowest BCUT2D eigenvalue weighted by molar-refractivity contribution is -0.385. The Kier molecular flexibility index (Phi) is 4.98. The number of nitro groups is 1. The minimum atomic E-state index is -3.89. The number of furan rings is 1. The van der Waals surface area contributed by atoms with E-state index in [1.807, 2.05) is 6.07 Å². The molecule has 0 bridgehead atoms. The van der Waals surface area contributed by atoms with Crippen LogP contribution >= 0.6 is 0 Å². The summed E-state index contributed by atoms with van der Waals surface area (Å²) < 4.78 is 37.9. The highest BCUT2D eigenvalue weighted by Gasteiger charge is 2.32. The van der Waals surface area contributed by atoms with Gasteiger partial charge in [-0.2, -0.15) is 14.6 Å². The number of anilines is 1. The van der Waals surface area contributed by atoms with Crippen LogP contribution in [0.5, 0.6) is 0 Å². The van der Waals surface area contributed by atoms with E-state index >= 15 is 0 Å². The van der Waals surface area contributed by atoms with Crippen molar-refractivity contribution in [1.82, 2.24) is 9.29 Å². The molecule has 0 saturated carbocycles. The fourth-order valence-corrected chi connectivity index (χ4v) is 4.61. The van der Waals surface area contributed by atoms with Crippen molar-refractivity contribution in [2.75, 3.05) is 31.1 Å². The molecule has 0 atom stereocenters. The van der Waals surface area contributed by atoms with Gasteiger partial charge in [-0.15, -0.1) is 0 Å². The lowest BCUT2D eigenvalue weighted by Crippen LogP contribution is -2.48. The maximum absolute atomic E-state index is 12.9. The van der Waals surface area contributed by atoms with E-state index in [9.17, 15) is 23.8 Å². The van der Waals surface area contributed by atoms with Crippen LogP contribution in [0.4, 0.5) is 11.6 Å². The fraction of sp³-hybridized carbons (Fsp3) is 0.222. The van der Waals surface area contributed by atoms with E-state index in [0.717, 1.165) is 6.07 Å². The molecule has 1 fully saturated rings. The highest BCUT2D eigenvalue weighted by molar-refractivity contribution is 7.89. The molecule has 3 aromatic rings. The van der Waals surface area contributed by atoms with E-state index in [-0.39, 0.29) is 54.2 Å². The second kappa shape index (κ2) is 7.62. The number of nitro benzene ring substituents is 1. The molecule has 0 unspecified atom stereocenters. The van der Waals surface area contributed by atoms with Crippen LogP contribution in [-0.2, 0) is 10.0 Å². The molecule has 0 spiro atoms. The summed E-state index contributed by atoms with van der Waals surface area (Å²) in [5, 5.41) is 20.3. The van der Waals surface area contributed by atoms with Crippen molar-refractivity contribution in [1.29, 1.82) is 5.26 Å². The normalized spacial score (nSPS) is 15.1. The maximum atomic E-state index is 12.9. The number of piperazine rings is 1. The molecule has 11 nitrogen and oxygen atoms in total. The van der Waals surface area contributed by atoms with E-state index in [4.69, 9.17) is 8.83 Å². The number of hydrogen-bond acceptors (Lipinski definition) is 9. The van der Waals surface area contributed by atoms with Gasteiger partial charge in [-0.1, -0.05) is 6.07 Å². The molecule has 1 aliphatic heterocycles. The van der Waals surface area contributed by atoms with Crippen LogP contribution in [0.2, 0.25) is 0 Å². The van der Waals surface area contributed by atoms with Crippen molar-refractivity contribution >= 4 is 21.6 Å². The van der Waals surface area contributed by atoms with E-state index in [1.165, 1.54) is 28.8 Å². The number of rotatable bonds is 5. The van der Waals surface area contributed by atoms with Gasteiger partial charge in [0, 0.05) is 38.3 Å². The molecule has 0 radical (unpaired) electrons. The van der Waals surface area contributed by atoms with E-state index in [2.05, 4.69) is 4.98 Å². The van der Waals surface area contributed by atoms with Gasteiger partial charge in [0.2, 0.25) is 21.6 Å². The molecule has 1 aliphatic rings. The summed E-state index contributed by atoms with van der Waals surface area (Å²) >= 11 is 0. The Morgan fingerprint density at radius 2 is 1.93 bits per heavy atom. The van der Waals surface area contributed by atoms with Crippen LogP contribution in [0.15, 0.2) is 56.4 Å². The first-order valence-corrected chi connectivity index (χ1v) is 10.3. The van der Waals surface area contributed by atoms with Crippen LogP contribution in [0, 0.1) is 21.4 Å². The Hall–Kier alpha value is -3.69. The summed E-state index contributed by atoms with van der Waals surface area (Å²) in [6, 6.07) is 10.2. The number of hydrogen-bond donors (Lipinski definition) is 0. The number of nitrogens with zero attached hydrogens (tertiary/aromatic N) is 5. The standard InChI is InChI=1S/C18H15N5O6S/c19-12-15-18(29-17(20-15)16-5-2-10-28-16)21-6-8-22(9-7-21)30(26,27)14-4-1-3-13(11-14)23(24)25/h1-5,10-11H,6-9H2. The van der Waals surface area contributed by atoms with Crippen molar-refractivity contribution in [3.05, 3.63) is 58.5 Å². The van der Waals surface area contributed by atoms with Crippen LogP contribution in [0.25, 0.3) is 11.7 Å². The van der Waals surface area contributed by atoms with Gasteiger partial charge in [-0.25, -0.2) is 8.42 Å². The summed E-state index contributed by atoms with van der Waals surface area (Å²) in [5.74, 6) is 0.791. The van der Waals surface area contributed by atoms with Crippen molar-refractivity contribution in [2.45, 2.75) is 4.90 Å². The van der Waals surface area contributed by atoms with Gasteiger partial charge in [-0.05, 0) is 18.2 Å². The Labute approximate surface area is 170 Å². The Balaban J connectivity index is 1.52. The van der Waals surface area contributed by atoms with Crippen LogP contribution in [0.3, 0.4) is 0 Å². The molecule has 1 saturated heterocycles. The molecule has 0 N–H and O–H groups in total. The van der Waals surface area contributed by atoms with Gasteiger partial charge in [-0.3, -0.25) is 10.1 Å². The molecule has 12 heteroatoms. The Morgan fingerprint density at radius 3 is 2.57 bits per heavy atom.